The number of carbonyl (C=O) groups excluding carboxylic acids is 2. The van der Waals surface area contributed by atoms with Gasteiger partial charge in [-0.3, -0.25) is 4.79 Å². The van der Waals surface area contributed by atoms with Crippen LogP contribution in [-0.2, 0) is 9.53 Å². The number of nitriles is 1. The third-order valence-electron chi connectivity index (χ3n) is 3.81. The first-order chi connectivity index (χ1) is 14.0. The first-order valence-corrected chi connectivity index (χ1v) is 9.03. The molecule has 0 aliphatic carbocycles. The van der Waals surface area contributed by atoms with Crippen molar-refractivity contribution in [3.05, 3.63) is 59.2 Å². The zero-order valence-corrected chi connectivity index (χ0v) is 16.5. The standard InChI is InChI=1S/C22H22N2O5/c1-4-28-19-11-6-15(13-20(19)29-5-2)12-17(14-23)21(25)24-18-9-7-16(8-10-18)22(26)27-3/h6-13H,4-5H2,1-3H3,(H,24,25)/b17-12+. The third-order valence-corrected chi connectivity index (χ3v) is 3.81. The largest absolute Gasteiger partial charge is 0.490 e. The molecule has 0 unspecified atom stereocenters. The summed E-state index contributed by atoms with van der Waals surface area (Å²) < 4.78 is 15.7. The van der Waals surface area contributed by atoms with E-state index in [9.17, 15) is 14.9 Å². The number of esters is 1. The Labute approximate surface area is 169 Å². The Morgan fingerprint density at radius 3 is 2.28 bits per heavy atom. The van der Waals surface area contributed by atoms with Gasteiger partial charge in [0.25, 0.3) is 5.91 Å². The van der Waals surface area contributed by atoms with E-state index in [-0.39, 0.29) is 5.57 Å². The highest BCUT2D eigenvalue weighted by atomic mass is 16.5. The molecule has 0 bridgehead atoms. The molecule has 0 spiro atoms. The van der Waals surface area contributed by atoms with Gasteiger partial charge in [-0.2, -0.15) is 5.26 Å². The summed E-state index contributed by atoms with van der Waals surface area (Å²) in [7, 11) is 1.29. The monoisotopic (exact) mass is 394 g/mol. The number of anilines is 1. The number of methoxy groups -OCH3 is 1. The molecule has 7 heteroatoms. The Bertz CT molecular complexity index is 943. The Kier molecular flexibility index (Phi) is 7.80. The number of hydrogen-bond donors (Lipinski definition) is 1. The average Bonchev–Trinajstić information content (AvgIpc) is 2.74. The molecule has 7 nitrogen and oxygen atoms in total. The fourth-order valence-corrected chi connectivity index (χ4v) is 2.48. The van der Waals surface area contributed by atoms with Crippen molar-refractivity contribution < 1.29 is 23.8 Å². The number of nitrogens with zero attached hydrogens (tertiary/aromatic N) is 1. The van der Waals surface area contributed by atoms with Gasteiger partial charge >= 0.3 is 5.97 Å². The minimum atomic E-state index is -0.565. The Balaban J connectivity index is 2.20. The smallest absolute Gasteiger partial charge is 0.337 e. The van der Waals surface area contributed by atoms with Gasteiger partial charge in [-0.25, -0.2) is 4.79 Å². The van der Waals surface area contributed by atoms with Crippen molar-refractivity contribution in [1.82, 2.24) is 0 Å². The highest BCUT2D eigenvalue weighted by Gasteiger charge is 2.12. The quantitative estimate of drug-likeness (QED) is 0.415. The van der Waals surface area contributed by atoms with Crippen molar-refractivity contribution in [2.75, 3.05) is 25.6 Å². The Morgan fingerprint density at radius 1 is 1.03 bits per heavy atom. The average molecular weight is 394 g/mol. The van der Waals surface area contributed by atoms with Gasteiger partial charge in [0, 0.05) is 5.69 Å². The fourth-order valence-electron chi connectivity index (χ4n) is 2.48. The van der Waals surface area contributed by atoms with Gasteiger partial charge in [0.1, 0.15) is 11.6 Å². The SMILES string of the molecule is CCOc1ccc(/C=C(\C#N)C(=O)Nc2ccc(C(=O)OC)cc2)cc1OCC. The zero-order valence-electron chi connectivity index (χ0n) is 16.5. The number of nitrogens with one attached hydrogen (secondary N) is 1. The van der Waals surface area contributed by atoms with E-state index in [1.54, 1.807) is 30.3 Å². The number of amides is 1. The molecule has 0 saturated carbocycles. The first kappa shape index (κ1) is 21.5. The van der Waals surface area contributed by atoms with Crippen LogP contribution in [0.25, 0.3) is 6.08 Å². The number of ether oxygens (including phenoxy) is 3. The molecule has 0 atom stereocenters. The zero-order chi connectivity index (χ0) is 21.2. The van der Waals surface area contributed by atoms with Crippen LogP contribution in [0.4, 0.5) is 5.69 Å². The predicted octanol–water partition coefficient (Wildman–Crippen LogP) is 3.82. The lowest BCUT2D eigenvalue weighted by Crippen LogP contribution is -2.13. The molecular weight excluding hydrogens is 372 g/mol. The summed E-state index contributed by atoms with van der Waals surface area (Å²) in [4.78, 5) is 23.9. The summed E-state index contributed by atoms with van der Waals surface area (Å²) in [6, 6.07) is 13.3. The predicted molar refractivity (Wildman–Crippen MR) is 109 cm³/mol. The Hall–Kier alpha value is -3.79. The second-order valence-corrected chi connectivity index (χ2v) is 5.77. The molecule has 2 rings (SSSR count). The Morgan fingerprint density at radius 2 is 1.69 bits per heavy atom. The van der Waals surface area contributed by atoms with Crippen LogP contribution in [0.5, 0.6) is 11.5 Å². The van der Waals surface area contributed by atoms with Crippen LogP contribution < -0.4 is 14.8 Å². The lowest BCUT2D eigenvalue weighted by Gasteiger charge is -2.11. The second-order valence-electron chi connectivity index (χ2n) is 5.77. The van der Waals surface area contributed by atoms with E-state index in [0.29, 0.717) is 41.5 Å². The number of hydrogen-bond acceptors (Lipinski definition) is 6. The molecule has 0 aromatic heterocycles. The van der Waals surface area contributed by atoms with Gasteiger partial charge < -0.3 is 19.5 Å². The summed E-state index contributed by atoms with van der Waals surface area (Å²) in [6.45, 7) is 4.69. The molecule has 0 saturated heterocycles. The highest BCUT2D eigenvalue weighted by molar-refractivity contribution is 6.09. The normalized spacial score (nSPS) is 10.6. The van der Waals surface area contributed by atoms with Gasteiger partial charge in [-0.1, -0.05) is 6.07 Å². The molecule has 2 aromatic carbocycles. The highest BCUT2D eigenvalue weighted by Crippen LogP contribution is 2.29. The van der Waals surface area contributed by atoms with Crippen molar-refractivity contribution in [2.45, 2.75) is 13.8 Å². The van der Waals surface area contributed by atoms with Gasteiger partial charge in [-0.05, 0) is 61.9 Å². The van der Waals surface area contributed by atoms with E-state index in [4.69, 9.17) is 9.47 Å². The lowest BCUT2D eigenvalue weighted by molar-refractivity contribution is -0.112. The summed E-state index contributed by atoms with van der Waals surface area (Å²) in [5.74, 6) is 0.102. The molecule has 1 N–H and O–H groups in total. The number of benzene rings is 2. The molecule has 29 heavy (non-hydrogen) atoms. The maximum Gasteiger partial charge on any atom is 0.337 e. The number of carbonyl (C=O) groups is 2. The maximum absolute atomic E-state index is 12.5. The van der Waals surface area contributed by atoms with Crippen molar-refractivity contribution >= 4 is 23.6 Å². The van der Waals surface area contributed by atoms with E-state index >= 15 is 0 Å². The van der Waals surface area contributed by atoms with E-state index in [0.717, 1.165) is 0 Å². The third kappa shape index (κ3) is 5.84. The molecule has 0 aliphatic rings. The molecule has 1 amide bonds. The van der Waals surface area contributed by atoms with Crippen LogP contribution in [0.3, 0.4) is 0 Å². The summed E-state index contributed by atoms with van der Waals surface area (Å²) in [5, 5.41) is 12.0. The molecule has 0 heterocycles. The number of rotatable bonds is 8. The summed E-state index contributed by atoms with van der Waals surface area (Å²) in [5.41, 5.74) is 1.36. The van der Waals surface area contributed by atoms with Crippen molar-refractivity contribution in [3.8, 4) is 17.6 Å². The maximum atomic E-state index is 12.5. The van der Waals surface area contributed by atoms with Crippen LogP contribution in [0.2, 0.25) is 0 Å². The van der Waals surface area contributed by atoms with Gasteiger partial charge in [0.05, 0.1) is 25.9 Å². The minimum absolute atomic E-state index is 0.0753. The minimum Gasteiger partial charge on any atom is -0.490 e. The van der Waals surface area contributed by atoms with Crippen molar-refractivity contribution in [1.29, 1.82) is 5.26 Å². The van der Waals surface area contributed by atoms with Gasteiger partial charge in [0.2, 0.25) is 0 Å². The molecule has 0 fully saturated rings. The van der Waals surface area contributed by atoms with E-state index in [1.807, 2.05) is 19.9 Å². The van der Waals surface area contributed by atoms with Crippen molar-refractivity contribution in [3.63, 3.8) is 0 Å². The van der Waals surface area contributed by atoms with E-state index in [2.05, 4.69) is 10.1 Å². The van der Waals surface area contributed by atoms with Crippen LogP contribution >= 0.6 is 0 Å². The van der Waals surface area contributed by atoms with Gasteiger partial charge in [0.15, 0.2) is 11.5 Å². The topological polar surface area (TPSA) is 97.7 Å². The fraction of sp³-hybridized carbons (Fsp3) is 0.227. The molecule has 0 aliphatic heterocycles. The first-order valence-electron chi connectivity index (χ1n) is 9.03. The van der Waals surface area contributed by atoms with Crippen LogP contribution in [0.15, 0.2) is 48.0 Å². The molecular formula is C22H22N2O5. The van der Waals surface area contributed by atoms with Gasteiger partial charge in [-0.15, -0.1) is 0 Å². The van der Waals surface area contributed by atoms with Crippen LogP contribution in [0, 0.1) is 11.3 Å². The molecule has 150 valence electrons. The lowest BCUT2D eigenvalue weighted by atomic mass is 10.1. The molecule has 2 aromatic rings. The van der Waals surface area contributed by atoms with Crippen LogP contribution in [0.1, 0.15) is 29.8 Å². The van der Waals surface area contributed by atoms with E-state index < -0.39 is 11.9 Å². The van der Waals surface area contributed by atoms with Crippen molar-refractivity contribution in [2.24, 2.45) is 0 Å². The molecule has 0 radical (unpaired) electrons. The second kappa shape index (κ2) is 10.5. The summed E-state index contributed by atoms with van der Waals surface area (Å²) >= 11 is 0. The summed E-state index contributed by atoms with van der Waals surface area (Å²) in [6.07, 6.45) is 1.47. The van der Waals surface area contributed by atoms with Crippen LogP contribution in [-0.4, -0.2) is 32.2 Å². The van der Waals surface area contributed by atoms with E-state index in [1.165, 1.54) is 25.3 Å².